The van der Waals surface area contributed by atoms with Crippen molar-refractivity contribution in [2.24, 2.45) is 0 Å². The smallest absolute Gasteiger partial charge is 0.322 e. The fourth-order valence-corrected chi connectivity index (χ4v) is 2.33. The highest BCUT2D eigenvalue weighted by molar-refractivity contribution is 6.08. The summed E-state index contributed by atoms with van der Waals surface area (Å²) in [5.41, 5.74) is 1.16. The Balaban J connectivity index is 2.06. The van der Waals surface area contributed by atoms with Gasteiger partial charge in [0.15, 0.2) is 0 Å². The lowest BCUT2D eigenvalue weighted by molar-refractivity contribution is -0.135. The number of amides is 1. The van der Waals surface area contributed by atoms with Crippen molar-refractivity contribution in [1.29, 1.82) is 0 Å². The van der Waals surface area contributed by atoms with Crippen molar-refractivity contribution in [3.63, 3.8) is 0 Å². The molecule has 25 heavy (non-hydrogen) atoms. The molecule has 0 spiro atoms. The van der Waals surface area contributed by atoms with Crippen molar-refractivity contribution in [2.45, 2.75) is 0 Å². The summed E-state index contributed by atoms with van der Waals surface area (Å²) in [5.74, 6) is -2.76. The molecular weight excluding hydrogens is 329 g/mol. The summed E-state index contributed by atoms with van der Waals surface area (Å²) in [5, 5.41) is 20.8. The lowest BCUT2D eigenvalue weighted by Crippen LogP contribution is -2.29. The van der Waals surface area contributed by atoms with Gasteiger partial charge in [-0.2, -0.15) is 0 Å². The number of aliphatic carboxylic acids is 1. The first-order valence-electron chi connectivity index (χ1n) is 7.20. The van der Waals surface area contributed by atoms with Crippen LogP contribution >= 0.6 is 0 Å². The Hall–Kier alpha value is -3.55. The van der Waals surface area contributed by atoms with Crippen molar-refractivity contribution in [2.75, 3.05) is 6.54 Å². The zero-order valence-electron chi connectivity index (χ0n) is 12.7. The fourth-order valence-electron chi connectivity index (χ4n) is 2.33. The van der Waals surface area contributed by atoms with E-state index in [0.29, 0.717) is 16.8 Å². The van der Waals surface area contributed by atoms with Gasteiger partial charge in [-0.15, -0.1) is 0 Å². The number of hydrogen-bond acceptors (Lipinski definition) is 5. The van der Waals surface area contributed by atoms with E-state index >= 15 is 0 Å². The van der Waals surface area contributed by atoms with Gasteiger partial charge < -0.3 is 15.5 Å². The SMILES string of the molecule is O=C(O)CNC(=O)c1c(O)ccc2nc(-c3cccc(F)c3)cnc12. The van der Waals surface area contributed by atoms with E-state index in [0.717, 1.165) is 0 Å². The topological polar surface area (TPSA) is 112 Å². The number of benzene rings is 2. The number of carbonyl (C=O) groups is 2. The molecule has 126 valence electrons. The van der Waals surface area contributed by atoms with Gasteiger partial charge in [-0.05, 0) is 24.3 Å². The lowest BCUT2D eigenvalue weighted by atomic mass is 10.1. The van der Waals surface area contributed by atoms with Crippen LogP contribution in [-0.2, 0) is 4.79 Å². The number of fused-ring (bicyclic) bond motifs is 1. The van der Waals surface area contributed by atoms with Gasteiger partial charge in [0.1, 0.15) is 29.2 Å². The van der Waals surface area contributed by atoms with Crippen LogP contribution in [-0.4, -0.2) is 38.6 Å². The number of rotatable bonds is 4. The molecule has 1 heterocycles. The number of carbonyl (C=O) groups excluding carboxylic acids is 1. The number of carboxylic acid groups (broad SMARTS) is 1. The molecule has 2 aromatic carbocycles. The molecule has 3 N–H and O–H groups in total. The highest BCUT2D eigenvalue weighted by atomic mass is 19.1. The highest BCUT2D eigenvalue weighted by Gasteiger charge is 2.18. The van der Waals surface area contributed by atoms with E-state index in [4.69, 9.17) is 5.11 Å². The van der Waals surface area contributed by atoms with E-state index in [-0.39, 0.29) is 16.8 Å². The second-order valence-corrected chi connectivity index (χ2v) is 5.17. The summed E-state index contributed by atoms with van der Waals surface area (Å²) in [7, 11) is 0. The van der Waals surface area contributed by atoms with Gasteiger partial charge in [0.2, 0.25) is 0 Å². The van der Waals surface area contributed by atoms with Gasteiger partial charge >= 0.3 is 5.97 Å². The Morgan fingerprint density at radius 1 is 1.20 bits per heavy atom. The van der Waals surface area contributed by atoms with Crippen LogP contribution in [0.3, 0.4) is 0 Å². The molecule has 3 rings (SSSR count). The van der Waals surface area contributed by atoms with Crippen LogP contribution in [0.5, 0.6) is 5.75 Å². The van der Waals surface area contributed by atoms with Crippen LogP contribution in [0.25, 0.3) is 22.3 Å². The molecule has 1 aromatic heterocycles. The minimum Gasteiger partial charge on any atom is -0.507 e. The predicted molar refractivity (Wildman–Crippen MR) is 86.6 cm³/mol. The Morgan fingerprint density at radius 3 is 2.72 bits per heavy atom. The largest absolute Gasteiger partial charge is 0.507 e. The normalized spacial score (nSPS) is 10.6. The Kier molecular flexibility index (Phi) is 4.25. The summed E-state index contributed by atoms with van der Waals surface area (Å²) in [6.07, 6.45) is 1.35. The maximum atomic E-state index is 13.4. The molecule has 8 heteroatoms. The molecule has 7 nitrogen and oxygen atoms in total. The van der Waals surface area contributed by atoms with Gasteiger partial charge in [0, 0.05) is 5.56 Å². The first kappa shape index (κ1) is 16.3. The third-order valence-electron chi connectivity index (χ3n) is 3.44. The van der Waals surface area contributed by atoms with Crippen LogP contribution in [0, 0.1) is 5.82 Å². The van der Waals surface area contributed by atoms with Crippen molar-refractivity contribution >= 4 is 22.9 Å². The van der Waals surface area contributed by atoms with Gasteiger partial charge in [-0.25, -0.2) is 9.37 Å². The minimum absolute atomic E-state index is 0.114. The quantitative estimate of drug-likeness (QED) is 0.669. The zero-order chi connectivity index (χ0) is 18.0. The summed E-state index contributed by atoms with van der Waals surface area (Å²) in [6, 6.07) is 8.55. The van der Waals surface area contributed by atoms with Crippen molar-refractivity contribution in [1.82, 2.24) is 15.3 Å². The fraction of sp³-hybridized carbons (Fsp3) is 0.0588. The first-order chi connectivity index (χ1) is 12.0. The molecule has 0 aliphatic carbocycles. The molecule has 0 radical (unpaired) electrons. The number of hydrogen-bond donors (Lipinski definition) is 3. The zero-order valence-corrected chi connectivity index (χ0v) is 12.7. The van der Waals surface area contributed by atoms with Crippen LogP contribution in [0.15, 0.2) is 42.6 Å². The lowest BCUT2D eigenvalue weighted by Gasteiger charge is -2.09. The Bertz CT molecular complexity index is 991. The maximum Gasteiger partial charge on any atom is 0.322 e. The summed E-state index contributed by atoms with van der Waals surface area (Å²) in [4.78, 5) is 31.2. The van der Waals surface area contributed by atoms with Gasteiger partial charge in [0.25, 0.3) is 5.91 Å². The minimum atomic E-state index is -1.22. The maximum absolute atomic E-state index is 13.4. The van der Waals surface area contributed by atoms with Crippen molar-refractivity contribution < 1.29 is 24.2 Å². The second-order valence-electron chi connectivity index (χ2n) is 5.17. The van der Waals surface area contributed by atoms with E-state index in [1.54, 1.807) is 6.07 Å². The number of nitrogens with zero attached hydrogens (tertiary/aromatic N) is 2. The second kappa shape index (κ2) is 6.52. The highest BCUT2D eigenvalue weighted by Crippen LogP contribution is 2.27. The average molecular weight is 341 g/mol. The van der Waals surface area contributed by atoms with Crippen molar-refractivity contribution in [3.05, 3.63) is 54.0 Å². The van der Waals surface area contributed by atoms with Crippen LogP contribution in [0.1, 0.15) is 10.4 Å². The van der Waals surface area contributed by atoms with E-state index in [1.807, 2.05) is 0 Å². The molecule has 0 atom stereocenters. The van der Waals surface area contributed by atoms with Crippen LogP contribution < -0.4 is 5.32 Å². The van der Waals surface area contributed by atoms with E-state index in [9.17, 15) is 19.1 Å². The third kappa shape index (κ3) is 3.37. The monoisotopic (exact) mass is 341 g/mol. The molecule has 0 fully saturated rings. The molecule has 0 aliphatic heterocycles. The van der Waals surface area contributed by atoms with E-state index in [2.05, 4.69) is 15.3 Å². The molecule has 0 saturated heterocycles. The molecule has 3 aromatic rings. The van der Waals surface area contributed by atoms with E-state index in [1.165, 1.54) is 36.5 Å². The number of phenols is 1. The number of nitrogens with one attached hydrogen (secondary N) is 1. The summed E-state index contributed by atoms with van der Waals surface area (Å²) in [6.45, 7) is -0.594. The molecule has 0 aliphatic rings. The molecule has 0 bridgehead atoms. The van der Waals surface area contributed by atoms with Crippen LogP contribution in [0.2, 0.25) is 0 Å². The number of aromatic hydroxyl groups is 1. The Labute approximate surface area is 140 Å². The molecule has 1 amide bonds. The van der Waals surface area contributed by atoms with Crippen LogP contribution in [0.4, 0.5) is 4.39 Å². The number of phenolic OH excluding ortho intramolecular Hbond substituents is 1. The molecule has 0 saturated carbocycles. The third-order valence-corrected chi connectivity index (χ3v) is 3.44. The average Bonchev–Trinajstić information content (AvgIpc) is 2.59. The van der Waals surface area contributed by atoms with Gasteiger partial charge in [0.05, 0.1) is 17.4 Å². The molecule has 0 unspecified atom stereocenters. The van der Waals surface area contributed by atoms with E-state index < -0.39 is 24.2 Å². The van der Waals surface area contributed by atoms with Gasteiger partial charge in [-0.1, -0.05) is 12.1 Å². The first-order valence-corrected chi connectivity index (χ1v) is 7.20. The summed E-state index contributed by atoms with van der Waals surface area (Å²) >= 11 is 0. The number of halogens is 1. The van der Waals surface area contributed by atoms with Gasteiger partial charge in [-0.3, -0.25) is 14.6 Å². The predicted octanol–water partition coefficient (Wildman–Crippen LogP) is 1.96. The molecular formula is C17H12FN3O4. The summed E-state index contributed by atoms with van der Waals surface area (Å²) < 4.78 is 13.4. The number of aromatic nitrogens is 2. The van der Waals surface area contributed by atoms with Crippen molar-refractivity contribution in [3.8, 4) is 17.0 Å². The standard InChI is InChI=1S/C17H12FN3O4/c18-10-3-1-2-9(6-10)12-7-19-16-11(21-12)4-5-13(22)15(16)17(25)20-8-14(23)24/h1-7,22H,8H2,(H,20,25)(H,23,24). The number of carboxylic acids is 1. The Morgan fingerprint density at radius 2 is 2.00 bits per heavy atom.